The van der Waals surface area contributed by atoms with Crippen LogP contribution in [0.2, 0.25) is 0 Å². The van der Waals surface area contributed by atoms with Crippen LogP contribution >= 0.6 is 0 Å². The van der Waals surface area contributed by atoms with Crippen LogP contribution in [0.4, 0.5) is 0 Å². The number of hydrogen-bond donors (Lipinski definition) is 1. The minimum Gasteiger partial charge on any atom is -0.464 e. The molecule has 1 N–H and O–H groups in total. The van der Waals surface area contributed by atoms with Gasteiger partial charge in [-0.05, 0) is 24.7 Å². The first kappa shape index (κ1) is 13.8. The molecule has 1 saturated carbocycles. The van der Waals surface area contributed by atoms with Gasteiger partial charge in [0.2, 0.25) is 0 Å². The standard InChI is InChI=1S/C14H24O4/c1-5-8-17-11(16)14-7-6-13(4,12(14,2)3)9-10(15)18-14/h10,15H,5-9H2,1-4H3. The predicted molar refractivity (Wildman–Crippen MR) is 66.8 cm³/mol. The van der Waals surface area contributed by atoms with Gasteiger partial charge >= 0.3 is 5.97 Å². The third-order valence-electron chi connectivity index (χ3n) is 5.28. The van der Waals surface area contributed by atoms with E-state index in [4.69, 9.17) is 9.47 Å². The molecule has 0 amide bonds. The average Bonchev–Trinajstić information content (AvgIpc) is 2.43. The van der Waals surface area contributed by atoms with E-state index >= 15 is 0 Å². The lowest BCUT2D eigenvalue weighted by Gasteiger charge is -2.52. The zero-order valence-corrected chi connectivity index (χ0v) is 11.8. The van der Waals surface area contributed by atoms with Gasteiger partial charge in [-0.3, -0.25) is 0 Å². The van der Waals surface area contributed by atoms with Crippen molar-refractivity contribution in [1.82, 2.24) is 0 Å². The molecule has 4 heteroatoms. The van der Waals surface area contributed by atoms with Gasteiger partial charge in [-0.15, -0.1) is 0 Å². The molecule has 0 spiro atoms. The third-order valence-corrected chi connectivity index (χ3v) is 5.28. The Morgan fingerprint density at radius 2 is 2.06 bits per heavy atom. The van der Waals surface area contributed by atoms with Crippen LogP contribution in [-0.2, 0) is 14.3 Å². The molecule has 0 radical (unpaired) electrons. The van der Waals surface area contributed by atoms with E-state index in [0.717, 1.165) is 12.8 Å². The van der Waals surface area contributed by atoms with Crippen molar-refractivity contribution in [2.24, 2.45) is 10.8 Å². The van der Waals surface area contributed by atoms with E-state index in [2.05, 4.69) is 20.8 Å². The van der Waals surface area contributed by atoms with Crippen LogP contribution in [0.15, 0.2) is 0 Å². The maximum atomic E-state index is 12.4. The maximum Gasteiger partial charge on any atom is 0.339 e. The fourth-order valence-corrected chi connectivity index (χ4v) is 3.50. The zero-order chi connectivity index (χ0) is 13.6. The fourth-order valence-electron chi connectivity index (χ4n) is 3.50. The summed E-state index contributed by atoms with van der Waals surface area (Å²) in [4.78, 5) is 12.4. The molecule has 18 heavy (non-hydrogen) atoms. The molecule has 1 aliphatic heterocycles. The molecule has 1 aliphatic carbocycles. The molecule has 2 fully saturated rings. The quantitative estimate of drug-likeness (QED) is 0.787. The van der Waals surface area contributed by atoms with E-state index in [9.17, 15) is 9.90 Å². The first-order valence-electron chi connectivity index (χ1n) is 6.82. The Morgan fingerprint density at radius 1 is 1.39 bits per heavy atom. The van der Waals surface area contributed by atoms with Crippen molar-refractivity contribution < 1.29 is 19.4 Å². The molecule has 2 rings (SSSR count). The molecule has 0 aromatic carbocycles. The first-order valence-corrected chi connectivity index (χ1v) is 6.82. The second kappa shape index (κ2) is 4.20. The monoisotopic (exact) mass is 256 g/mol. The number of hydrogen-bond acceptors (Lipinski definition) is 4. The van der Waals surface area contributed by atoms with Crippen LogP contribution in [0.3, 0.4) is 0 Å². The largest absolute Gasteiger partial charge is 0.464 e. The molecule has 1 saturated heterocycles. The van der Waals surface area contributed by atoms with Gasteiger partial charge in [0.25, 0.3) is 0 Å². The minimum absolute atomic E-state index is 0.0735. The van der Waals surface area contributed by atoms with Gasteiger partial charge < -0.3 is 14.6 Å². The highest BCUT2D eigenvalue weighted by molar-refractivity contribution is 5.82. The number of esters is 1. The van der Waals surface area contributed by atoms with E-state index < -0.39 is 11.9 Å². The summed E-state index contributed by atoms with van der Waals surface area (Å²) in [6.07, 6.45) is 2.04. The van der Waals surface area contributed by atoms with Crippen molar-refractivity contribution in [3.63, 3.8) is 0 Å². The van der Waals surface area contributed by atoms with Crippen LogP contribution in [-0.4, -0.2) is 29.6 Å². The number of carbonyl (C=O) groups is 1. The summed E-state index contributed by atoms with van der Waals surface area (Å²) in [6.45, 7) is 8.62. The molecule has 1 heterocycles. The number of aliphatic hydroxyl groups is 1. The maximum absolute atomic E-state index is 12.4. The van der Waals surface area contributed by atoms with E-state index in [0.29, 0.717) is 19.4 Å². The second-order valence-electron chi connectivity index (χ2n) is 6.43. The summed E-state index contributed by atoms with van der Waals surface area (Å²) < 4.78 is 11.0. The molecule has 104 valence electrons. The topological polar surface area (TPSA) is 55.8 Å². The summed E-state index contributed by atoms with van der Waals surface area (Å²) in [5.41, 5.74) is -1.37. The average molecular weight is 256 g/mol. The van der Waals surface area contributed by atoms with Crippen LogP contribution < -0.4 is 0 Å². The van der Waals surface area contributed by atoms with Gasteiger partial charge in [-0.1, -0.05) is 27.7 Å². The normalized spacial score (nSPS) is 41.7. The van der Waals surface area contributed by atoms with Crippen LogP contribution in [0.1, 0.15) is 53.4 Å². The van der Waals surface area contributed by atoms with E-state index in [1.807, 2.05) is 6.92 Å². The van der Waals surface area contributed by atoms with Gasteiger partial charge in [-0.25, -0.2) is 4.79 Å². The number of rotatable bonds is 3. The lowest BCUT2D eigenvalue weighted by molar-refractivity contribution is -0.274. The van der Waals surface area contributed by atoms with Crippen molar-refractivity contribution in [2.75, 3.05) is 6.61 Å². The Morgan fingerprint density at radius 3 is 2.67 bits per heavy atom. The highest BCUT2D eigenvalue weighted by atomic mass is 16.6. The second-order valence-corrected chi connectivity index (χ2v) is 6.43. The molecular weight excluding hydrogens is 232 g/mol. The lowest BCUT2D eigenvalue weighted by atomic mass is 9.60. The van der Waals surface area contributed by atoms with Crippen LogP contribution in [0, 0.1) is 10.8 Å². The number of carbonyl (C=O) groups excluding carboxylic acids is 1. The number of fused-ring (bicyclic) bond motifs is 2. The molecular formula is C14H24O4. The fraction of sp³-hybridized carbons (Fsp3) is 0.929. The molecule has 2 aliphatic rings. The van der Waals surface area contributed by atoms with Crippen molar-refractivity contribution >= 4 is 5.97 Å². The minimum atomic E-state index is -0.978. The molecule has 3 unspecified atom stereocenters. The Bertz CT molecular complexity index is 352. The van der Waals surface area contributed by atoms with Crippen molar-refractivity contribution in [3.8, 4) is 0 Å². The van der Waals surface area contributed by atoms with E-state index in [-0.39, 0.29) is 16.8 Å². The van der Waals surface area contributed by atoms with E-state index in [1.54, 1.807) is 0 Å². The number of aliphatic hydroxyl groups excluding tert-OH is 1. The summed E-state index contributed by atoms with van der Waals surface area (Å²) in [6, 6.07) is 0. The van der Waals surface area contributed by atoms with Crippen molar-refractivity contribution in [1.29, 1.82) is 0 Å². The Kier molecular flexibility index (Phi) is 3.23. The predicted octanol–water partition coefficient (Wildman–Crippen LogP) is 2.24. The molecule has 0 aromatic heterocycles. The van der Waals surface area contributed by atoms with Gasteiger partial charge in [0.15, 0.2) is 11.9 Å². The SMILES string of the molecule is CCCOC(=O)C12CCC(C)(CC(O)O1)C2(C)C. The Balaban J connectivity index is 2.32. The Labute approximate surface area is 109 Å². The van der Waals surface area contributed by atoms with Crippen LogP contribution in [0.5, 0.6) is 0 Å². The lowest BCUT2D eigenvalue weighted by Crippen LogP contribution is -2.60. The smallest absolute Gasteiger partial charge is 0.339 e. The molecule has 0 aromatic rings. The zero-order valence-electron chi connectivity index (χ0n) is 11.8. The van der Waals surface area contributed by atoms with Crippen molar-refractivity contribution in [2.45, 2.75) is 65.3 Å². The highest BCUT2D eigenvalue weighted by Gasteiger charge is 2.69. The highest BCUT2D eigenvalue weighted by Crippen LogP contribution is 2.65. The summed E-state index contributed by atoms with van der Waals surface area (Å²) >= 11 is 0. The van der Waals surface area contributed by atoms with Gasteiger partial charge in [0.1, 0.15) is 0 Å². The molecule has 3 atom stereocenters. The van der Waals surface area contributed by atoms with Gasteiger partial charge in [0, 0.05) is 11.8 Å². The summed E-state index contributed by atoms with van der Waals surface area (Å²) in [7, 11) is 0. The van der Waals surface area contributed by atoms with Crippen LogP contribution in [0.25, 0.3) is 0 Å². The third kappa shape index (κ3) is 1.62. The first-order chi connectivity index (χ1) is 8.29. The summed E-state index contributed by atoms with van der Waals surface area (Å²) in [5, 5.41) is 9.90. The van der Waals surface area contributed by atoms with Gasteiger partial charge in [-0.2, -0.15) is 0 Å². The van der Waals surface area contributed by atoms with E-state index in [1.165, 1.54) is 0 Å². The molecule has 4 nitrogen and oxygen atoms in total. The Hall–Kier alpha value is -0.610. The van der Waals surface area contributed by atoms with Crippen molar-refractivity contribution in [3.05, 3.63) is 0 Å². The number of ether oxygens (including phenoxy) is 2. The molecule has 2 bridgehead atoms. The van der Waals surface area contributed by atoms with Gasteiger partial charge in [0.05, 0.1) is 6.61 Å². The summed E-state index contributed by atoms with van der Waals surface area (Å²) in [5.74, 6) is -0.308.